The first kappa shape index (κ1) is 6.61. The second-order valence-electron chi connectivity index (χ2n) is 1.91. The van der Waals surface area contributed by atoms with E-state index in [-0.39, 0.29) is 0 Å². The Morgan fingerprint density at radius 1 is 1.67 bits per heavy atom. The van der Waals surface area contributed by atoms with Gasteiger partial charge in [0.15, 0.2) is 0 Å². The van der Waals surface area contributed by atoms with Gasteiger partial charge in [-0.2, -0.15) is 0 Å². The zero-order valence-corrected chi connectivity index (χ0v) is 5.46. The van der Waals surface area contributed by atoms with Crippen LogP contribution in [-0.4, -0.2) is 22.7 Å². The van der Waals surface area contributed by atoms with Crippen molar-refractivity contribution in [1.29, 1.82) is 0 Å². The van der Waals surface area contributed by atoms with E-state index in [1.165, 1.54) is 4.24 Å². The third-order valence-corrected chi connectivity index (χ3v) is 1.24. The monoisotopic (exact) mass is 111 g/mol. The van der Waals surface area contributed by atoms with Crippen LogP contribution in [0.1, 0.15) is 5.69 Å². The summed E-state index contributed by atoms with van der Waals surface area (Å²) < 4.78 is 1.17. The normalized spacial score (nSPS) is 9.11. The van der Waals surface area contributed by atoms with Crippen molar-refractivity contribution in [3.63, 3.8) is 0 Å². The summed E-state index contributed by atoms with van der Waals surface area (Å²) in [5.41, 5.74) is 0.970. The summed E-state index contributed by atoms with van der Waals surface area (Å²) >= 11 is 2.02. The van der Waals surface area contributed by atoms with Crippen LogP contribution in [0, 0.1) is 0 Å². The Morgan fingerprint density at radius 2 is 2.44 bits per heavy atom. The van der Waals surface area contributed by atoms with Crippen LogP contribution >= 0.6 is 0 Å². The van der Waals surface area contributed by atoms with Crippen molar-refractivity contribution in [2.75, 3.05) is 0 Å². The molecule has 0 saturated carbocycles. The second-order valence-corrected chi connectivity index (χ2v) is 1.91. The molecule has 0 fully saturated rings. The van der Waals surface area contributed by atoms with Gasteiger partial charge in [-0.05, 0) is 0 Å². The van der Waals surface area contributed by atoms with E-state index in [4.69, 9.17) is 0 Å². The predicted molar refractivity (Wildman–Crippen MR) is 39.7 cm³/mol. The van der Waals surface area contributed by atoms with Gasteiger partial charge in [-0.1, -0.05) is 0 Å². The molecule has 40 valence electrons. The second kappa shape index (κ2) is 2.87. The summed E-state index contributed by atoms with van der Waals surface area (Å²) in [6, 6.07) is 3.94. The molecule has 2 heteroatoms. The molecule has 1 heterocycles. The summed E-state index contributed by atoms with van der Waals surface area (Å²) in [6.45, 7) is 3.63. The zero-order valence-electron chi connectivity index (χ0n) is 5.46. The fraction of sp³-hybridized carbons (Fsp3) is 0. The summed E-state index contributed by atoms with van der Waals surface area (Å²) in [4.78, 5) is 4.08. The van der Waals surface area contributed by atoms with Crippen molar-refractivity contribution in [1.82, 2.24) is 4.98 Å². The third-order valence-electron chi connectivity index (χ3n) is 1.24. The standard InChI is InChI=1S/C7H6N.Li/c1-2-7-5-3-4-6-8-7;/h2-4,6H,1H2;. The molecular formula is C7H6LiN. The van der Waals surface area contributed by atoms with Crippen molar-refractivity contribution in [3.8, 4) is 0 Å². The molecule has 1 aromatic rings. The van der Waals surface area contributed by atoms with Crippen LogP contribution in [0.5, 0.6) is 0 Å². The number of rotatable bonds is 1. The molecule has 9 heavy (non-hydrogen) atoms. The molecule has 0 amide bonds. The number of hydrogen-bond donors (Lipinski definition) is 0. The average Bonchev–Trinajstić information content (AvgIpc) is 1.89. The van der Waals surface area contributed by atoms with Crippen LogP contribution < -0.4 is 4.24 Å². The van der Waals surface area contributed by atoms with Gasteiger partial charge in [0.2, 0.25) is 0 Å². The molecule has 0 aliphatic heterocycles. The van der Waals surface area contributed by atoms with Crippen LogP contribution in [0.2, 0.25) is 0 Å². The zero-order chi connectivity index (χ0) is 6.69. The molecule has 1 aromatic heterocycles. The predicted octanol–water partition coefficient (Wildman–Crippen LogP) is 0.518. The summed E-state index contributed by atoms with van der Waals surface area (Å²) in [6.07, 6.45) is 3.53. The fourth-order valence-electron chi connectivity index (χ4n) is 0.712. The van der Waals surface area contributed by atoms with E-state index in [1.807, 2.05) is 29.8 Å². The Bertz CT molecular complexity index is 220. The van der Waals surface area contributed by atoms with Gasteiger partial charge in [0.05, 0.1) is 0 Å². The first-order valence-electron chi connectivity index (χ1n) is 2.88. The maximum absolute atomic E-state index is 4.08. The molecule has 0 radical (unpaired) electrons. The molecule has 0 bridgehead atoms. The van der Waals surface area contributed by atoms with Crippen LogP contribution in [0.15, 0.2) is 24.9 Å². The van der Waals surface area contributed by atoms with E-state index < -0.39 is 0 Å². The minimum atomic E-state index is 0.970. The number of aromatic nitrogens is 1. The average molecular weight is 111 g/mol. The molecule has 0 aromatic carbocycles. The van der Waals surface area contributed by atoms with Crippen LogP contribution in [-0.2, 0) is 0 Å². The third kappa shape index (κ3) is 1.45. The fourth-order valence-corrected chi connectivity index (χ4v) is 0.712. The quantitative estimate of drug-likeness (QED) is 0.481. The Morgan fingerprint density at radius 3 is 2.89 bits per heavy atom. The number of hydrogen-bond acceptors (Lipinski definition) is 1. The van der Waals surface area contributed by atoms with Gasteiger partial charge < -0.3 is 0 Å². The van der Waals surface area contributed by atoms with Crippen molar-refractivity contribution in [2.24, 2.45) is 0 Å². The van der Waals surface area contributed by atoms with Gasteiger partial charge in [0.25, 0.3) is 0 Å². The first-order chi connectivity index (χ1) is 4.34. The Hall–Kier alpha value is -0.513. The van der Waals surface area contributed by atoms with E-state index >= 15 is 0 Å². The SMILES string of the molecule is [Li][c]1cccnc1C=C. The van der Waals surface area contributed by atoms with Gasteiger partial charge >= 0.3 is 63.6 Å². The Kier molecular flexibility index (Phi) is 2.10. The maximum atomic E-state index is 4.08. The molecule has 0 saturated heterocycles. The summed E-state index contributed by atoms with van der Waals surface area (Å²) in [7, 11) is 0. The van der Waals surface area contributed by atoms with Gasteiger partial charge in [-0.25, -0.2) is 0 Å². The van der Waals surface area contributed by atoms with Crippen LogP contribution in [0.4, 0.5) is 0 Å². The summed E-state index contributed by atoms with van der Waals surface area (Å²) in [5.74, 6) is 0. The molecule has 0 aliphatic rings. The number of pyridine rings is 1. The van der Waals surface area contributed by atoms with E-state index in [2.05, 4.69) is 11.6 Å². The van der Waals surface area contributed by atoms with Crippen molar-refractivity contribution >= 4 is 28.0 Å². The molecule has 1 nitrogen and oxygen atoms in total. The molecule has 0 N–H and O–H groups in total. The van der Waals surface area contributed by atoms with Crippen LogP contribution in [0.3, 0.4) is 0 Å². The topological polar surface area (TPSA) is 12.9 Å². The van der Waals surface area contributed by atoms with Gasteiger partial charge in [0, 0.05) is 0 Å². The van der Waals surface area contributed by atoms with Gasteiger partial charge in [-0.3, -0.25) is 0 Å². The minimum absolute atomic E-state index is 0.970. The van der Waals surface area contributed by atoms with Crippen molar-refractivity contribution in [2.45, 2.75) is 0 Å². The molecule has 0 unspecified atom stereocenters. The number of nitrogens with zero attached hydrogens (tertiary/aromatic N) is 1. The van der Waals surface area contributed by atoms with E-state index in [1.54, 1.807) is 12.3 Å². The van der Waals surface area contributed by atoms with E-state index in [9.17, 15) is 0 Å². The van der Waals surface area contributed by atoms with Gasteiger partial charge in [0.1, 0.15) is 0 Å². The van der Waals surface area contributed by atoms with Gasteiger partial charge in [-0.15, -0.1) is 0 Å². The van der Waals surface area contributed by atoms with Crippen LogP contribution in [0.25, 0.3) is 6.08 Å². The first-order valence-corrected chi connectivity index (χ1v) is 2.88. The van der Waals surface area contributed by atoms with E-state index in [0.717, 1.165) is 5.69 Å². The molecular weight excluding hydrogens is 105 g/mol. The van der Waals surface area contributed by atoms with Crippen molar-refractivity contribution in [3.05, 3.63) is 30.6 Å². The molecule has 0 aliphatic carbocycles. The molecule has 1 rings (SSSR count). The molecule has 0 spiro atoms. The Balaban J connectivity index is 3.15. The summed E-state index contributed by atoms with van der Waals surface area (Å²) in [5, 5.41) is 0. The van der Waals surface area contributed by atoms with E-state index in [0.29, 0.717) is 0 Å². The van der Waals surface area contributed by atoms with Crippen molar-refractivity contribution < 1.29 is 0 Å². The molecule has 0 atom stereocenters. The Labute approximate surface area is 64.0 Å².